The van der Waals surface area contributed by atoms with Crippen LogP contribution in [-0.4, -0.2) is 46.5 Å². The van der Waals surface area contributed by atoms with Gasteiger partial charge in [-0.25, -0.2) is 13.1 Å². The van der Waals surface area contributed by atoms with Gasteiger partial charge in [0.2, 0.25) is 10.0 Å². The fourth-order valence-corrected chi connectivity index (χ4v) is 4.17. The van der Waals surface area contributed by atoms with E-state index < -0.39 is 10.0 Å². The third kappa shape index (κ3) is 5.02. The molecule has 0 saturated carbocycles. The number of rotatable bonds is 5. The lowest BCUT2D eigenvalue weighted by atomic mass is 9.81. The van der Waals surface area contributed by atoms with Crippen LogP contribution in [0.25, 0.3) is 0 Å². The van der Waals surface area contributed by atoms with Crippen LogP contribution in [0.5, 0.6) is 0 Å². The molecule has 0 aromatic carbocycles. The molecule has 6 heteroatoms. The summed E-state index contributed by atoms with van der Waals surface area (Å²) >= 11 is 0. The monoisotopic (exact) mass is 290 g/mol. The van der Waals surface area contributed by atoms with Gasteiger partial charge >= 0.3 is 0 Å². The van der Waals surface area contributed by atoms with E-state index in [0.717, 1.165) is 45.2 Å². The van der Waals surface area contributed by atoms with Gasteiger partial charge in [-0.2, -0.15) is 0 Å². The normalized spacial score (nSPS) is 28.2. The van der Waals surface area contributed by atoms with E-state index in [0.29, 0.717) is 13.2 Å². The van der Waals surface area contributed by atoms with E-state index in [1.165, 1.54) is 0 Å². The quantitative estimate of drug-likeness (QED) is 0.788. The summed E-state index contributed by atoms with van der Waals surface area (Å²) < 4.78 is 32.4. The summed E-state index contributed by atoms with van der Waals surface area (Å²) in [6.07, 6.45) is 4.91. The highest BCUT2D eigenvalue weighted by molar-refractivity contribution is 7.89. The second-order valence-corrected chi connectivity index (χ2v) is 8.00. The zero-order valence-electron chi connectivity index (χ0n) is 11.8. The summed E-state index contributed by atoms with van der Waals surface area (Å²) in [6, 6.07) is 0. The number of hydrogen-bond donors (Lipinski definition) is 2. The molecule has 1 atom stereocenters. The van der Waals surface area contributed by atoms with E-state index >= 15 is 0 Å². The third-order valence-electron chi connectivity index (χ3n) is 4.21. The Bertz CT molecular complexity index is 371. The second kappa shape index (κ2) is 6.52. The number of hydrogen-bond acceptors (Lipinski definition) is 4. The van der Waals surface area contributed by atoms with E-state index in [2.05, 4.69) is 17.0 Å². The number of piperidine rings is 1. The van der Waals surface area contributed by atoms with Crippen molar-refractivity contribution in [1.82, 2.24) is 10.0 Å². The van der Waals surface area contributed by atoms with E-state index in [-0.39, 0.29) is 17.3 Å². The van der Waals surface area contributed by atoms with Crippen LogP contribution in [0.2, 0.25) is 0 Å². The van der Waals surface area contributed by atoms with Crippen molar-refractivity contribution in [2.45, 2.75) is 45.1 Å². The molecule has 2 N–H and O–H groups in total. The number of nitrogens with one attached hydrogen (secondary N) is 2. The van der Waals surface area contributed by atoms with E-state index in [1.54, 1.807) is 0 Å². The van der Waals surface area contributed by atoms with E-state index in [1.807, 2.05) is 0 Å². The fraction of sp³-hybridized carbons (Fsp3) is 1.00. The van der Waals surface area contributed by atoms with Crippen molar-refractivity contribution in [3.63, 3.8) is 0 Å². The first-order valence-corrected chi connectivity index (χ1v) is 8.94. The Hall–Kier alpha value is -0.170. The lowest BCUT2D eigenvalue weighted by Crippen LogP contribution is -2.44. The smallest absolute Gasteiger partial charge is 0.214 e. The van der Waals surface area contributed by atoms with Gasteiger partial charge in [0.25, 0.3) is 0 Å². The van der Waals surface area contributed by atoms with Gasteiger partial charge in [0.1, 0.15) is 0 Å². The summed E-state index contributed by atoms with van der Waals surface area (Å²) in [4.78, 5) is 0. The van der Waals surface area contributed by atoms with Gasteiger partial charge in [0, 0.05) is 13.2 Å². The molecular formula is C13H26N2O3S. The summed E-state index contributed by atoms with van der Waals surface area (Å²) in [5.41, 5.74) is 0.0890. The SMILES string of the molecule is CC1(CNS(=O)(=O)CC2CCCCO2)CCNCC1. The average Bonchev–Trinajstić information content (AvgIpc) is 2.38. The van der Waals surface area contributed by atoms with Gasteiger partial charge in [-0.1, -0.05) is 6.92 Å². The molecule has 0 bridgehead atoms. The Balaban J connectivity index is 1.79. The zero-order chi connectivity index (χ0) is 13.8. The van der Waals surface area contributed by atoms with Crippen molar-refractivity contribution in [3.05, 3.63) is 0 Å². The molecule has 0 aliphatic carbocycles. The molecule has 2 fully saturated rings. The Labute approximate surface area is 116 Å². The molecule has 2 saturated heterocycles. The molecule has 2 heterocycles. The first-order valence-electron chi connectivity index (χ1n) is 7.29. The maximum absolute atomic E-state index is 12.1. The highest BCUT2D eigenvalue weighted by Gasteiger charge is 2.29. The Morgan fingerprint density at radius 3 is 2.68 bits per heavy atom. The van der Waals surface area contributed by atoms with Gasteiger partial charge in [0.15, 0.2) is 0 Å². The fourth-order valence-electron chi connectivity index (χ4n) is 2.73. The molecule has 5 nitrogen and oxygen atoms in total. The highest BCUT2D eigenvalue weighted by Crippen LogP contribution is 2.27. The van der Waals surface area contributed by atoms with Crippen LogP contribution in [0.3, 0.4) is 0 Å². The maximum atomic E-state index is 12.1. The lowest BCUT2D eigenvalue weighted by molar-refractivity contribution is 0.0303. The van der Waals surface area contributed by atoms with Crippen LogP contribution in [0.15, 0.2) is 0 Å². The summed E-state index contributed by atoms with van der Waals surface area (Å²) in [5.74, 6) is 0.112. The topological polar surface area (TPSA) is 67.4 Å². The van der Waals surface area contributed by atoms with Gasteiger partial charge in [0.05, 0.1) is 11.9 Å². The second-order valence-electron chi connectivity index (χ2n) is 6.15. The molecule has 2 aliphatic rings. The molecule has 2 rings (SSSR count). The highest BCUT2D eigenvalue weighted by atomic mass is 32.2. The predicted molar refractivity (Wildman–Crippen MR) is 75.6 cm³/mol. The molecule has 2 aliphatic heterocycles. The minimum atomic E-state index is -3.21. The lowest BCUT2D eigenvalue weighted by Gasteiger charge is -2.34. The van der Waals surface area contributed by atoms with Gasteiger partial charge in [-0.15, -0.1) is 0 Å². The average molecular weight is 290 g/mol. The van der Waals surface area contributed by atoms with Crippen LogP contribution < -0.4 is 10.0 Å². The Morgan fingerprint density at radius 1 is 1.32 bits per heavy atom. The minimum absolute atomic E-state index is 0.0890. The maximum Gasteiger partial charge on any atom is 0.214 e. The summed E-state index contributed by atoms with van der Waals surface area (Å²) in [7, 11) is -3.21. The van der Waals surface area contributed by atoms with Crippen molar-refractivity contribution in [1.29, 1.82) is 0 Å². The summed E-state index contributed by atoms with van der Waals surface area (Å²) in [6.45, 7) is 5.36. The van der Waals surface area contributed by atoms with Crippen LogP contribution >= 0.6 is 0 Å². The predicted octanol–water partition coefficient (Wildman–Crippen LogP) is 0.865. The van der Waals surface area contributed by atoms with Crippen molar-refractivity contribution >= 4 is 10.0 Å². The zero-order valence-corrected chi connectivity index (χ0v) is 12.6. The van der Waals surface area contributed by atoms with Crippen LogP contribution in [0.4, 0.5) is 0 Å². The summed E-state index contributed by atoms with van der Waals surface area (Å²) in [5, 5.41) is 3.31. The molecule has 0 amide bonds. The van der Waals surface area contributed by atoms with Gasteiger partial charge in [-0.3, -0.25) is 0 Å². The van der Waals surface area contributed by atoms with Crippen molar-refractivity contribution in [2.75, 3.05) is 32.0 Å². The number of sulfonamides is 1. The van der Waals surface area contributed by atoms with E-state index in [9.17, 15) is 8.42 Å². The molecule has 0 spiro atoms. The molecular weight excluding hydrogens is 264 g/mol. The molecule has 0 aromatic rings. The molecule has 19 heavy (non-hydrogen) atoms. The van der Waals surface area contributed by atoms with Crippen molar-refractivity contribution in [3.8, 4) is 0 Å². The Kier molecular flexibility index (Phi) is 5.22. The molecule has 0 aromatic heterocycles. The molecule has 1 unspecified atom stereocenters. The van der Waals surface area contributed by atoms with Crippen LogP contribution in [0, 0.1) is 5.41 Å². The minimum Gasteiger partial charge on any atom is -0.377 e. The number of ether oxygens (including phenoxy) is 1. The largest absolute Gasteiger partial charge is 0.377 e. The standard InChI is InChI=1S/C13H26N2O3S/c1-13(5-7-14-8-6-13)11-15-19(16,17)10-12-4-2-3-9-18-12/h12,14-15H,2-11H2,1H3. The molecule has 0 radical (unpaired) electrons. The van der Waals surface area contributed by atoms with Gasteiger partial charge in [-0.05, 0) is 50.6 Å². The van der Waals surface area contributed by atoms with Crippen LogP contribution in [0.1, 0.15) is 39.0 Å². The third-order valence-corrected chi connectivity index (χ3v) is 5.60. The van der Waals surface area contributed by atoms with Gasteiger partial charge < -0.3 is 10.1 Å². The van der Waals surface area contributed by atoms with E-state index in [4.69, 9.17) is 4.74 Å². The first-order chi connectivity index (χ1) is 8.99. The van der Waals surface area contributed by atoms with Crippen molar-refractivity contribution in [2.24, 2.45) is 5.41 Å². The molecule has 112 valence electrons. The first kappa shape index (κ1) is 15.2. The Morgan fingerprint density at radius 2 is 2.05 bits per heavy atom. The van der Waals surface area contributed by atoms with Crippen molar-refractivity contribution < 1.29 is 13.2 Å². The van der Waals surface area contributed by atoms with Crippen LogP contribution in [-0.2, 0) is 14.8 Å².